The zero-order chi connectivity index (χ0) is 16.8. The smallest absolute Gasteiger partial charge is 0.129 e. The fourth-order valence-corrected chi connectivity index (χ4v) is 2.99. The highest BCUT2D eigenvalue weighted by atomic mass is 16.3. The van der Waals surface area contributed by atoms with Gasteiger partial charge in [0.05, 0.1) is 17.9 Å². The number of hydrogen-bond acceptors (Lipinski definition) is 6. The first-order valence-corrected chi connectivity index (χ1v) is 8.15. The fraction of sp³-hybridized carbons (Fsp3) is 0.389. The van der Waals surface area contributed by atoms with E-state index in [2.05, 4.69) is 26.7 Å². The van der Waals surface area contributed by atoms with Crippen molar-refractivity contribution in [1.29, 1.82) is 5.26 Å². The Morgan fingerprint density at radius 3 is 2.71 bits per heavy atom. The molecular formula is C18H21N5O. The number of hydrogen-bond donors (Lipinski definition) is 3. The minimum Gasteiger partial charge on any atom is -0.387 e. The standard InChI is InChI=1S/C18H21N5O/c19-12-18(6-8-20-9-7-18)16-10-17(23-13-22-16)21-11-15(24)14-4-2-1-3-5-14/h1-5,10,13,15,20,24H,6-9,11H2,(H,21,22,23)/t15-/m0/s1. The third kappa shape index (κ3) is 3.53. The lowest BCUT2D eigenvalue weighted by atomic mass is 9.77. The lowest BCUT2D eigenvalue weighted by molar-refractivity contribution is 0.191. The maximum absolute atomic E-state index is 10.2. The molecule has 0 spiro atoms. The molecule has 1 atom stereocenters. The number of nitriles is 1. The first kappa shape index (κ1) is 16.4. The molecule has 2 heterocycles. The lowest BCUT2D eigenvalue weighted by Gasteiger charge is -2.30. The van der Waals surface area contributed by atoms with Gasteiger partial charge >= 0.3 is 0 Å². The van der Waals surface area contributed by atoms with Gasteiger partial charge in [-0.2, -0.15) is 5.26 Å². The van der Waals surface area contributed by atoms with Crippen molar-refractivity contribution in [3.05, 3.63) is 54.0 Å². The Labute approximate surface area is 141 Å². The van der Waals surface area contributed by atoms with E-state index in [0.717, 1.165) is 37.2 Å². The summed E-state index contributed by atoms with van der Waals surface area (Å²) >= 11 is 0. The van der Waals surface area contributed by atoms with Crippen LogP contribution in [0.1, 0.15) is 30.2 Å². The molecular weight excluding hydrogens is 302 g/mol. The van der Waals surface area contributed by atoms with Crippen LogP contribution in [-0.4, -0.2) is 34.7 Å². The molecule has 3 rings (SSSR count). The lowest BCUT2D eigenvalue weighted by Crippen LogP contribution is -2.39. The molecule has 6 heteroatoms. The minimum atomic E-state index is -0.617. The summed E-state index contributed by atoms with van der Waals surface area (Å²) in [6.45, 7) is 1.97. The van der Waals surface area contributed by atoms with Gasteiger partial charge in [-0.05, 0) is 31.5 Å². The van der Waals surface area contributed by atoms with Crippen LogP contribution >= 0.6 is 0 Å². The molecule has 1 aromatic carbocycles. The van der Waals surface area contributed by atoms with E-state index in [1.807, 2.05) is 36.4 Å². The van der Waals surface area contributed by atoms with E-state index < -0.39 is 11.5 Å². The number of aliphatic hydroxyl groups excluding tert-OH is 1. The van der Waals surface area contributed by atoms with Gasteiger partial charge in [0.1, 0.15) is 17.6 Å². The molecule has 24 heavy (non-hydrogen) atoms. The fourth-order valence-electron chi connectivity index (χ4n) is 2.99. The normalized spacial score (nSPS) is 17.7. The Kier molecular flexibility index (Phi) is 5.04. The van der Waals surface area contributed by atoms with Crippen LogP contribution in [0.3, 0.4) is 0 Å². The summed E-state index contributed by atoms with van der Waals surface area (Å²) in [5.74, 6) is 0.628. The predicted octanol–water partition coefficient (Wildman–Crippen LogP) is 1.77. The highest BCUT2D eigenvalue weighted by Gasteiger charge is 2.35. The molecule has 1 aromatic heterocycles. The third-order valence-electron chi connectivity index (χ3n) is 4.49. The van der Waals surface area contributed by atoms with E-state index in [1.54, 1.807) is 0 Å². The highest BCUT2D eigenvalue weighted by Crippen LogP contribution is 2.32. The minimum absolute atomic E-state index is 0.349. The molecule has 6 nitrogen and oxygen atoms in total. The van der Waals surface area contributed by atoms with E-state index in [-0.39, 0.29) is 0 Å². The number of nitrogens with zero attached hydrogens (tertiary/aromatic N) is 3. The summed E-state index contributed by atoms with van der Waals surface area (Å²) in [7, 11) is 0. The maximum atomic E-state index is 10.2. The summed E-state index contributed by atoms with van der Waals surface area (Å²) in [5, 5.41) is 26.3. The molecule has 1 aliphatic heterocycles. The zero-order valence-electron chi connectivity index (χ0n) is 13.4. The Hall–Kier alpha value is -2.49. The van der Waals surface area contributed by atoms with Crippen molar-refractivity contribution in [2.24, 2.45) is 0 Å². The van der Waals surface area contributed by atoms with Crippen LogP contribution in [0.25, 0.3) is 0 Å². The van der Waals surface area contributed by atoms with Crippen molar-refractivity contribution in [2.45, 2.75) is 24.4 Å². The summed E-state index contributed by atoms with van der Waals surface area (Å²) in [6.07, 6.45) is 2.35. The molecule has 0 aliphatic carbocycles. The topological polar surface area (TPSA) is 93.9 Å². The summed E-state index contributed by atoms with van der Waals surface area (Å²) in [4.78, 5) is 8.53. The quantitative estimate of drug-likeness (QED) is 0.776. The second-order valence-corrected chi connectivity index (χ2v) is 6.04. The Bertz CT molecular complexity index is 707. The second kappa shape index (κ2) is 7.39. The van der Waals surface area contributed by atoms with E-state index in [1.165, 1.54) is 6.33 Å². The van der Waals surface area contributed by atoms with Crippen molar-refractivity contribution < 1.29 is 5.11 Å². The van der Waals surface area contributed by atoms with Crippen LogP contribution in [0.5, 0.6) is 0 Å². The molecule has 124 valence electrons. The average molecular weight is 323 g/mol. The van der Waals surface area contributed by atoms with E-state index in [0.29, 0.717) is 12.4 Å². The van der Waals surface area contributed by atoms with Gasteiger partial charge in [0.2, 0.25) is 0 Å². The highest BCUT2D eigenvalue weighted by molar-refractivity contribution is 5.40. The van der Waals surface area contributed by atoms with Crippen molar-refractivity contribution in [3.63, 3.8) is 0 Å². The van der Waals surface area contributed by atoms with E-state index >= 15 is 0 Å². The summed E-state index contributed by atoms with van der Waals surface area (Å²) in [5.41, 5.74) is 1.05. The van der Waals surface area contributed by atoms with Gasteiger partial charge in [0.25, 0.3) is 0 Å². The molecule has 1 aliphatic rings. The third-order valence-corrected chi connectivity index (χ3v) is 4.49. The molecule has 2 aromatic rings. The summed E-state index contributed by atoms with van der Waals surface area (Å²) < 4.78 is 0. The number of benzene rings is 1. The largest absolute Gasteiger partial charge is 0.387 e. The number of aromatic nitrogens is 2. The van der Waals surface area contributed by atoms with Gasteiger partial charge in [-0.15, -0.1) is 0 Å². The Morgan fingerprint density at radius 1 is 1.25 bits per heavy atom. The van der Waals surface area contributed by atoms with E-state index in [4.69, 9.17) is 0 Å². The van der Waals surface area contributed by atoms with Crippen molar-refractivity contribution in [3.8, 4) is 6.07 Å². The molecule has 1 fully saturated rings. The Morgan fingerprint density at radius 2 is 2.00 bits per heavy atom. The second-order valence-electron chi connectivity index (χ2n) is 6.04. The maximum Gasteiger partial charge on any atom is 0.129 e. The monoisotopic (exact) mass is 323 g/mol. The van der Waals surface area contributed by atoms with Crippen LogP contribution in [0.4, 0.5) is 5.82 Å². The molecule has 3 N–H and O–H groups in total. The first-order valence-electron chi connectivity index (χ1n) is 8.15. The van der Waals surface area contributed by atoms with Crippen molar-refractivity contribution in [1.82, 2.24) is 15.3 Å². The molecule has 1 saturated heterocycles. The molecule has 0 radical (unpaired) electrons. The number of anilines is 1. The van der Waals surface area contributed by atoms with E-state index in [9.17, 15) is 10.4 Å². The summed E-state index contributed by atoms with van der Waals surface area (Å²) in [6, 6.07) is 13.8. The molecule has 0 amide bonds. The molecule has 0 saturated carbocycles. The van der Waals surface area contributed by atoms with Crippen LogP contribution in [0.15, 0.2) is 42.7 Å². The number of piperidine rings is 1. The van der Waals surface area contributed by atoms with Gasteiger partial charge < -0.3 is 15.7 Å². The van der Waals surface area contributed by atoms with Crippen molar-refractivity contribution in [2.75, 3.05) is 25.0 Å². The average Bonchev–Trinajstić information content (AvgIpc) is 2.67. The van der Waals surface area contributed by atoms with Crippen LogP contribution < -0.4 is 10.6 Å². The van der Waals surface area contributed by atoms with Crippen LogP contribution in [0.2, 0.25) is 0 Å². The number of nitrogens with one attached hydrogen (secondary N) is 2. The predicted molar refractivity (Wildman–Crippen MR) is 91.3 cm³/mol. The molecule has 0 bridgehead atoms. The van der Waals surface area contributed by atoms with Gasteiger partial charge in [-0.1, -0.05) is 30.3 Å². The van der Waals surface area contributed by atoms with Crippen LogP contribution in [0, 0.1) is 11.3 Å². The molecule has 0 unspecified atom stereocenters. The van der Waals surface area contributed by atoms with Gasteiger partial charge in [0.15, 0.2) is 0 Å². The number of rotatable bonds is 5. The van der Waals surface area contributed by atoms with Crippen LogP contribution in [-0.2, 0) is 5.41 Å². The van der Waals surface area contributed by atoms with Gasteiger partial charge in [-0.25, -0.2) is 9.97 Å². The van der Waals surface area contributed by atoms with Gasteiger partial charge in [-0.3, -0.25) is 0 Å². The van der Waals surface area contributed by atoms with Crippen molar-refractivity contribution >= 4 is 5.82 Å². The first-order chi connectivity index (χ1) is 11.7. The SMILES string of the molecule is N#CC1(c2cc(NC[C@H](O)c3ccccc3)ncn2)CCNCC1. The van der Waals surface area contributed by atoms with Gasteiger partial charge in [0, 0.05) is 12.6 Å². The zero-order valence-corrected chi connectivity index (χ0v) is 13.4. The Balaban J connectivity index is 1.70. The number of aliphatic hydroxyl groups is 1.